The number of carbonyl (C=O) groups is 3. The van der Waals surface area contributed by atoms with E-state index >= 15 is 0 Å². The van der Waals surface area contributed by atoms with Crippen molar-refractivity contribution in [2.24, 2.45) is 5.41 Å². The van der Waals surface area contributed by atoms with Crippen molar-refractivity contribution in [2.45, 2.75) is 52.1 Å². The van der Waals surface area contributed by atoms with Crippen LogP contribution in [0.1, 0.15) is 54.0 Å². The van der Waals surface area contributed by atoms with Crippen LogP contribution in [0.5, 0.6) is 0 Å². The topological polar surface area (TPSA) is 153 Å². The summed E-state index contributed by atoms with van der Waals surface area (Å²) in [5.41, 5.74) is 4.35. The van der Waals surface area contributed by atoms with Gasteiger partial charge >= 0.3 is 0 Å². The summed E-state index contributed by atoms with van der Waals surface area (Å²) in [5.74, 6) is -0.167. The van der Waals surface area contributed by atoms with Gasteiger partial charge in [0.05, 0.1) is 11.8 Å². The fourth-order valence-electron chi connectivity index (χ4n) is 6.48. The van der Waals surface area contributed by atoms with Crippen LogP contribution in [0.2, 0.25) is 0 Å². The second-order valence-electron chi connectivity index (χ2n) is 12.1. The second kappa shape index (κ2) is 14.7. The number of hydrogen-bond donors (Lipinski definition) is 4. The molecule has 4 N–H and O–H groups in total. The Morgan fingerprint density at radius 3 is 2.43 bits per heavy atom. The Kier molecular flexibility index (Phi) is 10.7. The number of nitrogens with one attached hydrogen (secondary N) is 4. The highest BCUT2D eigenvalue weighted by Gasteiger charge is 2.44. The Labute approximate surface area is 276 Å². The number of aromatic nitrogens is 1. The number of fused-ring (bicyclic) bond motifs is 2. The summed E-state index contributed by atoms with van der Waals surface area (Å²) >= 11 is 0. The first kappa shape index (κ1) is 34.2. The number of rotatable bonds is 11. The number of hydrogen-bond acceptors (Lipinski definition) is 7. The Morgan fingerprint density at radius 1 is 0.979 bits per heavy atom. The lowest BCUT2D eigenvalue weighted by molar-refractivity contribution is -0.147. The molecule has 250 valence electrons. The summed E-state index contributed by atoms with van der Waals surface area (Å²) in [6.07, 6.45) is 3.60. The largest absolute Gasteiger partial charge is 0.329 e. The van der Waals surface area contributed by atoms with E-state index in [1.54, 1.807) is 11.1 Å². The number of piperidine rings is 1. The molecule has 1 aromatic heterocycles. The molecule has 2 aliphatic heterocycles. The van der Waals surface area contributed by atoms with Gasteiger partial charge in [-0.2, -0.15) is 12.7 Å². The molecule has 3 amide bonds. The molecule has 1 fully saturated rings. The van der Waals surface area contributed by atoms with E-state index in [4.69, 9.17) is 0 Å². The van der Waals surface area contributed by atoms with E-state index in [0.29, 0.717) is 43.7 Å². The number of carbonyl (C=O) groups excluding carboxylic acids is 3. The normalized spacial score (nSPS) is 16.2. The van der Waals surface area contributed by atoms with Crippen molar-refractivity contribution in [1.82, 2.24) is 24.2 Å². The number of nitrogens with zero attached hydrogens (tertiary/aromatic N) is 3. The Bertz CT molecular complexity index is 1740. The molecular formula is C34H43N7O5S. The molecule has 12 nitrogen and oxygen atoms in total. The van der Waals surface area contributed by atoms with Gasteiger partial charge in [-0.25, -0.2) is 9.71 Å². The van der Waals surface area contributed by atoms with Gasteiger partial charge in [-0.05, 0) is 72.3 Å². The zero-order chi connectivity index (χ0) is 33.6. The average molecular weight is 662 g/mol. The van der Waals surface area contributed by atoms with Gasteiger partial charge < -0.3 is 20.9 Å². The zero-order valence-electron chi connectivity index (χ0n) is 27.1. The number of benzene rings is 2. The molecule has 0 radical (unpaired) electrons. The first-order valence-corrected chi connectivity index (χ1v) is 17.4. The van der Waals surface area contributed by atoms with Crippen molar-refractivity contribution in [2.75, 3.05) is 44.4 Å². The zero-order valence-corrected chi connectivity index (χ0v) is 28.0. The van der Waals surface area contributed by atoms with Gasteiger partial charge in [0.2, 0.25) is 17.7 Å². The maximum Gasteiger partial charge on any atom is 0.279 e. The van der Waals surface area contributed by atoms with Gasteiger partial charge in [0.15, 0.2) is 0 Å². The first-order valence-electron chi connectivity index (χ1n) is 15.9. The Morgan fingerprint density at radius 2 is 1.72 bits per heavy atom. The molecule has 0 saturated carbocycles. The fourth-order valence-corrected chi connectivity index (χ4v) is 7.40. The number of anilines is 2. The summed E-state index contributed by atoms with van der Waals surface area (Å²) in [6, 6.07) is 17.1. The van der Waals surface area contributed by atoms with Crippen LogP contribution in [-0.2, 0) is 50.5 Å². The van der Waals surface area contributed by atoms with Crippen LogP contribution in [0.4, 0.5) is 11.5 Å². The lowest BCUT2D eigenvalue weighted by atomic mass is 9.75. The van der Waals surface area contributed by atoms with Gasteiger partial charge in [-0.3, -0.25) is 14.4 Å². The monoisotopic (exact) mass is 661 g/mol. The van der Waals surface area contributed by atoms with E-state index in [9.17, 15) is 22.8 Å². The van der Waals surface area contributed by atoms with Crippen LogP contribution in [0.15, 0.2) is 60.8 Å². The minimum Gasteiger partial charge on any atom is -0.329 e. The highest BCUT2D eigenvalue weighted by atomic mass is 32.2. The molecule has 5 rings (SSSR count). The van der Waals surface area contributed by atoms with E-state index in [1.165, 1.54) is 11.4 Å². The van der Waals surface area contributed by atoms with Crippen LogP contribution < -0.4 is 20.7 Å². The van der Waals surface area contributed by atoms with Crippen LogP contribution in [0.25, 0.3) is 0 Å². The van der Waals surface area contributed by atoms with E-state index in [2.05, 4.69) is 25.7 Å². The van der Waals surface area contributed by atoms with Gasteiger partial charge in [-0.1, -0.05) is 43.3 Å². The highest BCUT2D eigenvalue weighted by molar-refractivity contribution is 7.87. The minimum absolute atomic E-state index is 0.140. The quantitative estimate of drug-likeness (QED) is 0.247. The Balaban J connectivity index is 1.38. The maximum atomic E-state index is 14.4. The molecule has 2 aromatic carbocycles. The smallest absolute Gasteiger partial charge is 0.279 e. The Hall–Kier alpha value is -4.17. The fraction of sp³-hybridized carbons (Fsp3) is 0.412. The molecule has 13 heteroatoms. The van der Waals surface area contributed by atoms with E-state index in [0.717, 1.165) is 27.8 Å². The molecular weight excluding hydrogens is 618 g/mol. The maximum absolute atomic E-state index is 14.4. The SMILES string of the molecule is CCC1(C(=O)N(CC(=O)Nc2ccc3c(c2)CC(=O)Nc2ncccc2C3)Cc2ccccc2CNC)CCN(S(=O)(=O)NC)CC1. The molecule has 0 atom stereocenters. The van der Waals surface area contributed by atoms with Crippen molar-refractivity contribution in [3.8, 4) is 0 Å². The van der Waals surface area contributed by atoms with Crippen molar-refractivity contribution in [1.29, 1.82) is 0 Å². The van der Waals surface area contributed by atoms with Crippen molar-refractivity contribution in [3.63, 3.8) is 0 Å². The lowest BCUT2D eigenvalue weighted by Crippen LogP contribution is -2.53. The van der Waals surface area contributed by atoms with E-state index in [1.807, 2.05) is 68.6 Å². The van der Waals surface area contributed by atoms with Gasteiger partial charge in [-0.15, -0.1) is 0 Å². The molecule has 1 saturated heterocycles. The summed E-state index contributed by atoms with van der Waals surface area (Å²) in [5, 5.41) is 8.99. The van der Waals surface area contributed by atoms with Gasteiger partial charge in [0, 0.05) is 51.5 Å². The highest BCUT2D eigenvalue weighted by Crippen LogP contribution is 2.38. The lowest BCUT2D eigenvalue weighted by Gasteiger charge is -2.42. The molecule has 0 bridgehead atoms. The molecule has 3 aromatic rings. The van der Waals surface area contributed by atoms with Crippen molar-refractivity contribution >= 4 is 39.4 Å². The molecule has 0 aliphatic carbocycles. The van der Waals surface area contributed by atoms with Crippen molar-refractivity contribution < 1.29 is 22.8 Å². The predicted molar refractivity (Wildman–Crippen MR) is 181 cm³/mol. The molecule has 3 heterocycles. The third-order valence-electron chi connectivity index (χ3n) is 9.25. The summed E-state index contributed by atoms with van der Waals surface area (Å²) in [7, 11) is -0.378. The molecule has 47 heavy (non-hydrogen) atoms. The van der Waals surface area contributed by atoms with Crippen LogP contribution in [0.3, 0.4) is 0 Å². The predicted octanol–water partition coefficient (Wildman–Crippen LogP) is 2.81. The van der Waals surface area contributed by atoms with Crippen LogP contribution >= 0.6 is 0 Å². The summed E-state index contributed by atoms with van der Waals surface area (Å²) < 4.78 is 28.6. The molecule has 0 unspecified atom stereocenters. The van der Waals surface area contributed by atoms with Crippen LogP contribution in [0, 0.1) is 5.41 Å². The van der Waals surface area contributed by atoms with E-state index in [-0.39, 0.29) is 50.3 Å². The first-order chi connectivity index (χ1) is 22.6. The molecule has 2 aliphatic rings. The third-order valence-corrected chi connectivity index (χ3v) is 10.8. The van der Waals surface area contributed by atoms with Crippen LogP contribution in [-0.4, -0.2) is 74.1 Å². The van der Waals surface area contributed by atoms with Crippen molar-refractivity contribution in [3.05, 3.63) is 88.6 Å². The standard InChI is InChI=1S/C34H43N7O5S/c1-4-34(13-16-41(17-14-34)47(45,46)36-3)33(44)40(22-27-9-6-5-8-26(27)21-35-2)23-31(43)38-29-12-11-24-18-25-10-7-15-37-32(25)39-30(42)20-28(24)19-29/h5-12,15,19,35-36H,4,13-14,16-18,20-23H2,1-3H3,(H,38,43)(H,37,39,42). The number of amides is 3. The number of pyridine rings is 1. The van der Waals surface area contributed by atoms with Gasteiger partial charge in [0.1, 0.15) is 12.4 Å². The summed E-state index contributed by atoms with van der Waals surface area (Å²) in [4.78, 5) is 46.7. The minimum atomic E-state index is -3.61. The molecule has 0 spiro atoms. The van der Waals surface area contributed by atoms with E-state index < -0.39 is 15.6 Å². The third kappa shape index (κ3) is 7.87. The second-order valence-corrected chi connectivity index (χ2v) is 14.0. The average Bonchev–Trinajstić information content (AvgIpc) is 3.06. The van der Waals surface area contributed by atoms with Gasteiger partial charge in [0.25, 0.3) is 10.2 Å². The summed E-state index contributed by atoms with van der Waals surface area (Å²) in [6.45, 7) is 3.00.